The molecule has 2 N–H and O–H groups in total. The summed E-state index contributed by atoms with van der Waals surface area (Å²) in [5.74, 6) is 0.306. The maximum absolute atomic E-state index is 12.5. The fourth-order valence-electron chi connectivity index (χ4n) is 4.05. The molecular formula is C18H24N2O3. The van der Waals surface area contributed by atoms with Gasteiger partial charge in [0.1, 0.15) is 0 Å². The van der Waals surface area contributed by atoms with Crippen molar-refractivity contribution in [3.8, 4) is 0 Å². The predicted octanol–water partition coefficient (Wildman–Crippen LogP) is 3.10. The van der Waals surface area contributed by atoms with Crippen LogP contribution in [0.3, 0.4) is 0 Å². The maximum atomic E-state index is 12.5. The van der Waals surface area contributed by atoms with Crippen LogP contribution in [0.1, 0.15) is 48.5 Å². The van der Waals surface area contributed by atoms with Crippen molar-refractivity contribution in [1.29, 1.82) is 0 Å². The van der Waals surface area contributed by atoms with Gasteiger partial charge in [0, 0.05) is 19.1 Å². The third kappa shape index (κ3) is 3.33. The molecule has 1 aliphatic heterocycles. The number of carbonyl (C=O) groups excluding carboxylic acids is 1. The van der Waals surface area contributed by atoms with Gasteiger partial charge in [0.05, 0.1) is 5.56 Å². The van der Waals surface area contributed by atoms with Gasteiger partial charge in [0.2, 0.25) is 0 Å². The number of carboxylic acids is 1. The van der Waals surface area contributed by atoms with Crippen LogP contribution in [-0.4, -0.2) is 34.6 Å². The smallest absolute Gasteiger partial charge is 0.335 e. The lowest BCUT2D eigenvalue weighted by Crippen LogP contribution is -2.44. The van der Waals surface area contributed by atoms with Crippen molar-refractivity contribution in [3.05, 3.63) is 35.4 Å². The molecule has 1 aromatic rings. The second-order valence-corrected chi connectivity index (χ2v) is 6.81. The highest BCUT2D eigenvalue weighted by molar-refractivity contribution is 5.87. The molecule has 1 aromatic carbocycles. The Morgan fingerprint density at radius 3 is 2.61 bits per heavy atom. The van der Waals surface area contributed by atoms with Crippen molar-refractivity contribution >= 4 is 12.0 Å². The fraction of sp³-hybridized carbons (Fsp3) is 0.556. The third-order valence-electron chi connectivity index (χ3n) is 5.30. The van der Waals surface area contributed by atoms with E-state index in [1.165, 1.54) is 19.3 Å². The Hall–Kier alpha value is -2.04. The number of fused-ring (bicyclic) bond motifs is 1. The zero-order valence-electron chi connectivity index (χ0n) is 13.5. The van der Waals surface area contributed by atoms with Gasteiger partial charge in [-0.1, -0.05) is 31.9 Å². The van der Waals surface area contributed by atoms with Gasteiger partial charge in [-0.3, -0.25) is 0 Å². The molecule has 1 heterocycles. The molecule has 5 nitrogen and oxygen atoms in total. The first-order valence-corrected chi connectivity index (χ1v) is 8.43. The van der Waals surface area contributed by atoms with Crippen LogP contribution >= 0.6 is 0 Å². The molecule has 1 saturated heterocycles. The number of carboxylic acid groups (broad SMARTS) is 1. The van der Waals surface area contributed by atoms with Crippen LogP contribution in [-0.2, 0) is 6.54 Å². The summed E-state index contributed by atoms with van der Waals surface area (Å²) < 4.78 is 0. The van der Waals surface area contributed by atoms with Crippen molar-refractivity contribution < 1.29 is 14.7 Å². The van der Waals surface area contributed by atoms with Crippen molar-refractivity contribution in [3.63, 3.8) is 0 Å². The first-order chi connectivity index (χ1) is 11.1. The van der Waals surface area contributed by atoms with Crippen molar-refractivity contribution in [1.82, 2.24) is 10.2 Å². The number of rotatable bonds is 3. The number of hydrogen-bond donors (Lipinski definition) is 2. The first-order valence-electron chi connectivity index (χ1n) is 8.43. The summed E-state index contributed by atoms with van der Waals surface area (Å²) in [6.07, 6.45) is 4.87. The van der Waals surface area contributed by atoms with Crippen LogP contribution in [0, 0.1) is 11.8 Å². The monoisotopic (exact) mass is 316 g/mol. The van der Waals surface area contributed by atoms with Gasteiger partial charge < -0.3 is 15.3 Å². The molecule has 5 heteroatoms. The minimum absolute atomic E-state index is 0.00793. The quantitative estimate of drug-likeness (QED) is 0.900. The summed E-state index contributed by atoms with van der Waals surface area (Å²) >= 11 is 0. The minimum Gasteiger partial charge on any atom is -0.478 e. The molecule has 1 saturated carbocycles. The van der Waals surface area contributed by atoms with E-state index < -0.39 is 5.97 Å². The molecule has 2 fully saturated rings. The van der Waals surface area contributed by atoms with E-state index in [1.54, 1.807) is 24.3 Å². The molecule has 0 spiro atoms. The van der Waals surface area contributed by atoms with Gasteiger partial charge in [-0.05, 0) is 42.4 Å². The lowest BCUT2D eigenvalue weighted by atomic mass is 9.80. The van der Waals surface area contributed by atoms with Gasteiger partial charge in [0.15, 0.2) is 0 Å². The molecular weight excluding hydrogens is 292 g/mol. The van der Waals surface area contributed by atoms with Gasteiger partial charge in [-0.2, -0.15) is 0 Å². The Morgan fingerprint density at radius 1 is 1.22 bits per heavy atom. The summed E-state index contributed by atoms with van der Waals surface area (Å²) in [5, 5.41) is 11.9. The van der Waals surface area contributed by atoms with Crippen LogP contribution in [0.2, 0.25) is 0 Å². The van der Waals surface area contributed by atoms with E-state index in [9.17, 15) is 9.59 Å². The van der Waals surface area contributed by atoms with E-state index in [2.05, 4.69) is 12.2 Å². The number of likely N-dealkylation sites (tertiary alicyclic amines) is 1. The lowest BCUT2D eigenvalue weighted by molar-refractivity contribution is 0.0697. The zero-order valence-corrected chi connectivity index (χ0v) is 13.5. The van der Waals surface area contributed by atoms with E-state index in [1.807, 2.05) is 4.90 Å². The average molecular weight is 316 g/mol. The zero-order chi connectivity index (χ0) is 16.4. The Balaban J connectivity index is 1.58. The van der Waals surface area contributed by atoms with Crippen molar-refractivity contribution in [2.45, 2.75) is 45.2 Å². The van der Waals surface area contributed by atoms with Crippen LogP contribution < -0.4 is 5.32 Å². The number of aromatic carboxylic acids is 1. The minimum atomic E-state index is -0.935. The number of hydrogen-bond acceptors (Lipinski definition) is 2. The average Bonchev–Trinajstić information content (AvgIpc) is 2.90. The molecule has 3 unspecified atom stereocenters. The molecule has 124 valence electrons. The summed E-state index contributed by atoms with van der Waals surface area (Å²) in [6.45, 7) is 3.53. The first kappa shape index (κ1) is 15.8. The predicted molar refractivity (Wildman–Crippen MR) is 87.3 cm³/mol. The van der Waals surface area contributed by atoms with E-state index in [4.69, 9.17) is 5.11 Å². The summed E-state index contributed by atoms with van der Waals surface area (Å²) in [4.78, 5) is 25.4. The summed E-state index contributed by atoms with van der Waals surface area (Å²) in [5.41, 5.74) is 1.18. The molecule has 3 rings (SSSR count). The van der Waals surface area contributed by atoms with Crippen molar-refractivity contribution in [2.75, 3.05) is 6.54 Å². The van der Waals surface area contributed by atoms with Crippen molar-refractivity contribution in [2.24, 2.45) is 11.8 Å². The summed E-state index contributed by atoms with van der Waals surface area (Å²) in [6, 6.07) is 7.04. The fourth-order valence-corrected chi connectivity index (χ4v) is 4.05. The number of nitrogens with zero attached hydrogens (tertiary/aromatic N) is 1. The van der Waals surface area contributed by atoms with E-state index >= 15 is 0 Å². The topological polar surface area (TPSA) is 69.6 Å². The molecule has 0 bridgehead atoms. The van der Waals surface area contributed by atoms with Crippen LogP contribution in [0.15, 0.2) is 24.3 Å². The number of carbonyl (C=O) groups is 2. The Bertz CT molecular complexity index is 584. The molecule has 0 radical (unpaired) electrons. The normalized spacial score (nSPS) is 26.7. The van der Waals surface area contributed by atoms with E-state index in [0.717, 1.165) is 18.5 Å². The molecule has 23 heavy (non-hydrogen) atoms. The SMILES string of the molecule is CC1CN(C(=O)NCc2ccc(C(=O)O)cc2)C2CCCCC12. The molecule has 3 atom stereocenters. The number of nitrogens with one attached hydrogen (secondary N) is 1. The van der Waals surface area contributed by atoms with Gasteiger partial charge in [0.25, 0.3) is 0 Å². The second kappa shape index (κ2) is 6.60. The van der Waals surface area contributed by atoms with Gasteiger partial charge >= 0.3 is 12.0 Å². The standard InChI is InChI=1S/C18H24N2O3/c1-12-11-20(16-5-3-2-4-15(12)16)18(23)19-10-13-6-8-14(9-7-13)17(21)22/h6-9,12,15-16H,2-5,10-11H2,1H3,(H,19,23)(H,21,22). The summed E-state index contributed by atoms with van der Waals surface area (Å²) in [7, 11) is 0. The maximum Gasteiger partial charge on any atom is 0.335 e. The highest BCUT2D eigenvalue weighted by Gasteiger charge is 2.42. The van der Waals surface area contributed by atoms with Crippen LogP contribution in [0.4, 0.5) is 4.79 Å². The van der Waals surface area contributed by atoms with Crippen LogP contribution in [0.5, 0.6) is 0 Å². The number of benzene rings is 1. The number of urea groups is 1. The van der Waals surface area contributed by atoms with E-state index in [0.29, 0.717) is 24.4 Å². The van der Waals surface area contributed by atoms with Gasteiger partial charge in [-0.25, -0.2) is 9.59 Å². The largest absolute Gasteiger partial charge is 0.478 e. The molecule has 2 aliphatic rings. The second-order valence-electron chi connectivity index (χ2n) is 6.81. The Morgan fingerprint density at radius 2 is 1.91 bits per heavy atom. The molecule has 0 aromatic heterocycles. The molecule has 1 aliphatic carbocycles. The number of amides is 2. The highest BCUT2D eigenvalue weighted by atomic mass is 16.4. The van der Waals surface area contributed by atoms with E-state index in [-0.39, 0.29) is 11.6 Å². The van der Waals surface area contributed by atoms with Crippen LogP contribution in [0.25, 0.3) is 0 Å². The Kier molecular flexibility index (Phi) is 4.55. The van der Waals surface area contributed by atoms with Gasteiger partial charge in [-0.15, -0.1) is 0 Å². The molecule has 2 amide bonds. The third-order valence-corrected chi connectivity index (χ3v) is 5.30. The lowest BCUT2D eigenvalue weighted by Gasteiger charge is -2.32. The highest BCUT2D eigenvalue weighted by Crippen LogP contribution is 2.39. The Labute approximate surface area is 136 Å².